The normalized spacial score (nSPS) is 16.5. The zero-order chi connectivity index (χ0) is 22.6. The van der Waals surface area contributed by atoms with Crippen LogP contribution in [0.5, 0.6) is 0 Å². The third kappa shape index (κ3) is 5.73. The zero-order valence-electron chi connectivity index (χ0n) is 15.9. The maximum absolute atomic E-state index is 12.8. The van der Waals surface area contributed by atoms with Crippen molar-refractivity contribution in [2.75, 3.05) is 11.3 Å². The molecule has 2 aromatic carbocycles. The van der Waals surface area contributed by atoms with Gasteiger partial charge in [-0.1, -0.05) is 12.1 Å². The van der Waals surface area contributed by atoms with E-state index in [2.05, 4.69) is 15.6 Å². The summed E-state index contributed by atoms with van der Waals surface area (Å²) in [5.41, 5.74) is 3.00. The van der Waals surface area contributed by atoms with Crippen LogP contribution in [0.15, 0.2) is 53.4 Å². The molecular formula is C19H18F3N3O5S. The average molecular weight is 457 g/mol. The van der Waals surface area contributed by atoms with Crippen LogP contribution < -0.4 is 15.6 Å². The highest BCUT2D eigenvalue weighted by atomic mass is 32.2. The van der Waals surface area contributed by atoms with Crippen LogP contribution in [0, 0.1) is 0 Å². The number of nitrogens with one attached hydrogen (secondary N) is 3. The third-order valence-electron chi connectivity index (χ3n) is 4.37. The van der Waals surface area contributed by atoms with E-state index in [9.17, 15) is 31.2 Å². The molecule has 1 fully saturated rings. The highest BCUT2D eigenvalue weighted by Gasteiger charge is 2.31. The fourth-order valence-electron chi connectivity index (χ4n) is 2.83. The van der Waals surface area contributed by atoms with Gasteiger partial charge in [-0.2, -0.15) is 13.2 Å². The summed E-state index contributed by atoms with van der Waals surface area (Å²) in [5, 5.41) is 0. The van der Waals surface area contributed by atoms with Gasteiger partial charge in [0.15, 0.2) is 0 Å². The van der Waals surface area contributed by atoms with Gasteiger partial charge in [-0.05, 0) is 49.2 Å². The molecule has 1 aliphatic rings. The first-order chi connectivity index (χ1) is 14.6. The molecule has 0 aliphatic carbocycles. The van der Waals surface area contributed by atoms with Crippen LogP contribution in [-0.4, -0.2) is 32.9 Å². The van der Waals surface area contributed by atoms with Crippen molar-refractivity contribution in [3.63, 3.8) is 0 Å². The minimum Gasteiger partial charge on any atom is -0.368 e. The SMILES string of the molecule is O=C(NNC(=O)[C@H]1CCCO1)c1cccc(S(=O)(=O)Nc2cccc(C(F)(F)F)c2)c1. The lowest BCUT2D eigenvalue weighted by molar-refractivity contribution is -0.137. The summed E-state index contributed by atoms with van der Waals surface area (Å²) in [6.07, 6.45) is -4.04. The molecule has 0 spiro atoms. The Balaban J connectivity index is 1.71. The average Bonchev–Trinajstić information content (AvgIpc) is 3.26. The predicted octanol–water partition coefficient (Wildman–Crippen LogP) is 2.45. The van der Waals surface area contributed by atoms with E-state index < -0.39 is 39.7 Å². The molecule has 1 heterocycles. The van der Waals surface area contributed by atoms with Gasteiger partial charge < -0.3 is 4.74 Å². The molecule has 2 aromatic rings. The standard InChI is InChI=1S/C19H18F3N3O5S/c20-19(21,22)13-5-2-6-14(11-13)25-31(28,29)15-7-1-4-12(10-15)17(26)23-24-18(27)16-8-3-9-30-16/h1-2,4-7,10-11,16,25H,3,8-9H2,(H,23,26)(H,24,27)/t16-/m1/s1. The van der Waals surface area contributed by atoms with E-state index in [1.807, 2.05) is 0 Å². The molecule has 0 aromatic heterocycles. The molecule has 0 bridgehead atoms. The fraction of sp³-hybridized carbons (Fsp3) is 0.263. The van der Waals surface area contributed by atoms with Crippen molar-refractivity contribution in [2.45, 2.75) is 30.0 Å². The van der Waals surface area contributed by atoms with Gasteiger partial charge in [0.1, 0.15) is 6.10 Å². The van der Waals surface area contributed by atoms with Gasteiger partial charge in [0, 0.05) is 17.9 Å². The van der Waals surface area contributed by atoms with Crippen LogP contribution in [0.1, 0.15) is 28.8 Å². The first kappa shape index (κ1) is 22.6. The topological polar surface area (TPSA) is 114 Å². The van der Waals surface area contributed by atoms with Gasteiger partial charge in [-0.25, -0.2) is 8.42 Å². The quantitative estimate of drug-likeness (QED) is 0.597. The second-order valence-electron chi connectivity index (χ2n) is 6.66. The fourth-order valence-corrected chi connectivity index (χ4v) is 3.93. The van der Waals surface area contributed by atoms with E-state index >= 15 is 0 Å². The van der Waals surface area contributed by atoms with E-state index in [-0.39, 0.29) is 16.1 Å². The van der Waals surface area contributed by atoms with Gasteiger partial charge in [-0.15, -0.1) is 0 Å². The zero-order valence-corrected chi connectivity index (χ0v) is 16.7. The van der Waals surface area contributed by atoms with Gasteiger partial charge in [0.2, 0.25) is 0 Å². The highest BCUT2D eigenvalue weighted by molar-refractivity contribution is 7.92. The number of hydrazine groups is 1. The number of hydrogen-bond donors (Lipinski definition) is 3. The number of hydrogen-bond acceptors (Lipinski definition) is 5. The molecule has 0 unspecified atom stereocenters. The van der Waals surface area contributed by atoms with Crippen LogP contribution in [0.4, 0.5) is 18.9 Å². The van der Waals surface area contributed by atoms with Crippen molar-refractivity contribution < 1.29 is 35.9 Å². The molecule has 2 amide bonds. The third-order valence-corrected chi connectivity index (χ3v) is 5.75. The number of amides is 2. The molecule has 1 aliphatic heterocycles. The van der Waals surface area contributed by atoms with Crippen LogP contribution in [0.3, 0.4) is 0 Å². The lowest BCUT2D eigenvalue weighted by atomic mass is 10.2. The summed E-state index contributed by atoms with van der Waals surface area (Å²) < 4.78 is 70.9. The summed E-state index contributed by atoms with van der Waals surface area (Å²) in [4.78, 5) is 23.8. The molecule has 31 heavy (non-hydrogen) atoms. The summed E-state index contributed by atoms with van der Waals surface area (Å²) in [5.74, 6) is -1.30. The Labute approximate surface area is 175 Å². The molecule has 0 radical (unpaired) electrons. The van der Waals surface area contributed by atoms with E-state index in [4.69, 9.17) is 4.74 Å². The second-order valence-corrected chi connectivity index (χ2v) is 8.34. The number of carbonyl (C=O) groups is 2. The monoisotopic (exact) mass is 457 g/mol. The largest absolute Gasteiger partial charge is 0.416 e. The maximum atomic E-state index is 12.8. The van der Waals surface area contributed by atoms with Crippen molar-refractivity contribution in [1.29, 1.82) is 0 Å². The van der Waals surface area contributed by atoms with Crippen LogP contribution in [0.2, 0.25) is 0 Å². The molecular weight excluding hydrogens is 439 g/mol. The van der Waals surface area contributed by atoms with Gasteiger partial charge >= 0.3 is 6.18 Å². The number of carbonyl (C=O) groups excluding carboxylic acids is 2. The van der Waals surface area contributed by atoms with E-state index in [1.54, 1.807) is 0 Å². The van der Waals surface area contributed by atoms with Crippen molar-refractivity contribution in [3.05, 3.63) is 59.7 Å². The molecule has 8 nitrogen and oxygen atoms in total. The van der Waals surface area contributed by atoms with E-state index in [1.165, 1.54) is 24.3 Å². The molecule has 166 valence electrons. The summed E-state index contributed by atoms with van der Waals surface area (Å²) in [7, 11) is -4.28. The predicted molar refractivity (Wildman–Crippen MR) is 103 cm³/mol. The number of alkyl halides is 3. The first-order valence-electron chi connectivity index (χ1n) is 9.08. The van der Waals surface area contributed by atoms with E-state index in [0.717, 1.165) is 24.6 Å². The minimum absolute atomic E-state index is 0.0837. The Morgan fingerprint density at radius 2 is 1.77 bits per heavy atom. The number of ether oxygens (including phenoxy) is 1. The van der Waals surface area contributed by atoms with Crippen LogP contribution in [-0.2, 0) is 25.7 Å². The number of rotatable bonds is 5. The molecule has 12 heteroatoms. The van der Waals surface area contributed by atoms with E-state index in [0.29, 0.717) is 19.1 Å². The second kappa shape index (κ2) is 8.94. The van der Waals surface area contributed by atoms with Crippen LogP contribution >= 0.6 is 0 Å². The number of benzene rings is 2. The minimum atomic E-state index is -4.63. The van der Waals surface area contributed by atoms with Crippen molar-refractivity contribution in [2.24, 2.45) is 0 Å². The Hall–Kier alpha value is -3.12. The summed E-state index contributed by atoms with van der Waals surface area (Å²) in [6.45, 7) is 0.449. The van der Waals surface area contributed by atoms with Gasteiger partial charge in [0.05, 0.1) is 10.5 Å². The lowest BCUT2D eigenvalue weighted by Crippen LogP contribution is -2.46. The molecule has 1 saturated heterocycles. The molecule has 0 saturated carbocycles. The number of sulfonamides is 1. The Morgan fingerprint density at radius 3 is 2.45 bits per heavy atom. The molecule has 1 atom stereocenters. The maximum Gasteiger partial charge on any atom is 0.416 e. The van der Waals surface area contributed by atoms with Crippen LogP contribution in [0.25, 0.3) is 0 Å². The lowest BCUT2D eigenvalue weighted by Gasteiger charge is -2.13. The summed E-state index contributed by atoms with van der Waals surface area (Å²) >= 11 is 0. The Morgan fingerprint density at radius 1 is 1.03 bits per heavy atom. The van der Waals surface area contributed by atoms with Gasteiger partial charge in [-0.3, -0.25) is 25.2 Å². The highest BCUT2D eigenvalue weighted by Crippen LogP contribution is 2.31. The van der Waals surface area contributed by atoms with Crippen molar-refractivity contribution in [3.8, 4) is 0 Å². The smallest absolute Gasteiger partial charge is 0.368 e. The Bertz CT molecular complexity index is 1080. The van der Waals surface area contributed by atoms with Crippen molar-refractivity contribution >= 4 is 27.5 Å². The number of anilines is 1. The molecule has 3 rings (SSSR count). The molecule has 3 N–H and O–H groups in total. The first-order valence-corrected chi connectivity index (χ1v) is 10.6. The van der Waals surface area contributed by atoms with Crippen molar-refractivity contribution in [1.82, 2.24) is 10.9 Å². The Kier molecular flexibility index (Phi) is 6.51. The number of halogens is 3. The summed E-state index contributed by atoms with van der Waals surface area (Å²) in [6, 6.07) is 8.53. The van der Waals surface area contributed by atoms with Gasteiger partial charge in [0.25, 0.3) is 21.8 Å².